The van der Waals surface area contributed by atoms with Gasteiger partial charge in [0, 0.05) is 5.92 Å². The Bertz CT molecular complexity index is 394. The molecule has 2 nitrogen and oxygen atoms in total. The number of benzene rings is 1. The summed E-state index contributed by atoms with van der Waals surface area (Å²) in [6.45, 7) is 4.80. The van der Waals surface area contributed by atoms with Crippen molar-refractivity contribution in [2.45, 2.75) is 39.2 Å². The van der Waals surface area contributed by atoms with E-state index >= 15 is 0 Å². The van der Waals surface area contributed by atoms with Crippen molar-refractivity contribution < 1.29 is 9.53 Å². The van der Waals surface area contributed by atoms with Gasteiger partial charge in [-0.15, -0.1) is 0 Å². The summed E-state index contributed by atoms with van der Waals surface area (Å²) in [5, 5.41) is 0. The summed E-state index contributed by atoms with van der Waals surface area (Å²) in [5.74, 6) is 0.383. The number of carbonyl (C=O) groups is 1. The van der Waals surface area contributed by atoms with Gasteiger partial charge in [0.25, 0.3) is 0 Å². The van der Waals surface area contributed by atoms with Crippen LogP contribution in [0.15, 0.2) is 24.3 Å². The minimum atomic E-state index is -0.329. The third-order valence-electron chi connectivity index (χ3n) is 3.64. The summed E-state index contributed by atoms with van der Waals surface area (Å²) in [6.07, 6.45) is 2.39. The van der Waals surface area contributed by atoms with Crippen LogP contribution in [-0.4, -0.2) is 12.4 Å². The van der Waals surface area contributed by atoms with Gasteiger partial charge in [0.1, 0.15) is 6.10 Å². The zero-order chi connectivity index (χ0) is 12.3. The van der Waals surface area contributed by atoms with E-state index in [2.05, 4.69) is 19.9 Å². The highest BCUT2D eigenvalue weighted by Gasteiger charge is 2.30. The topological polar surface area (TPSA) is 26.3 Å². The molecule has 0 saturated heterocycles. The van der Waals surface area contributed by atoms with Crippen LogP contribution in [-0.2, 0) is 16.0 Å². The van der Waals surface area contributed by atoms with E-state index in [0.29, 0.717) is 6.61 Å². The first-order chi connectivity index (χ1) is 8.27. The molecule has 1 atom stereocenters. The average molecular weight is 232 g/mol. The van der Waals surface area contributed by atoms with Crippen molar-refractivity contribution in [3.05, 3.63) is 35.4 Å². The lowest BCUT2D eigenvalue weighted by Gasteiger charge is -2.27. The van der Waals surface area contributed by atoms with E-state index in [0.717, 1.165) is 24.8 Å². The van der Waals surface area contributed by atoms with E-state index < -0.39 is 0 Å². The van der Waals surface area contributed by atoms with E-state index in [1.165, 1.54) is 5.56 Å². The molecule has 0 aromatic heterocycles. The zero-order valence-electron chi connectivity index (χ0n) is 10.6. The Morgan fingerprint density at radius 1 is 1.35 bits per heavy atom. The molecule has 1 aromatic rings. The second-order valence-electron chi connectivity index (χ2n) is 4.62. The van der Waals surface area contributed by atoms with Gasteiger partial charge < -0.3 is 4.74 Å². The van der Waals surface area contributed by atoms with Gasteiger partial charge in [-0.3, -0.25) is 4.79 Å². The lowest BCUT2D eigenvalue weighted by Crippen LogP contribution is -2.28. The van der Waals surface area contributed by atoms with Gasteiger partial charge in [-0.1, -0.05) is 38.1 Å². The summed E-state index contributed by atoms with van der Waals surface area (Å²) in [5.41, 5.74) is 2.35. The maximum absolute atomic E-state index is 12.4. The SMILES string of the molecule is CCC(CC)C(=O)C1OCCc2ccccc21. The minimum Gasteiger partial charge on any atom is -0.365 e. The Labute approximate surface area is 103 Å². The van der Waals surface area contributed by atoms with Gasteiger partial charge in [-0.2, -0.15) is 0 Å². The smallest absolute Gasteiger partial charge is 0.169 e. The standard InChI is InChI=1S/C15H20O2/c1-3-11(4-2)14(16)15-13-8-6-5-7-12(13)9-10-17-15/h5-8,11,15H,3-4,9-10H2,1-2H3. The number of Topliss-reactive ketones (excluding diaryl/α,β-unsaturated/α-hetero) is 1. The molecule has 0 fully saturated rings. The van der Waals surface area contributed by atoms with Gasteiger partial charge in [-0.25, -0.2) is 0 Å². The largest absolute Gasteiger partial charge is 0.365 e. The molecule has 1 aliphatic heterocycles. The lowest BCUT2D eigenvalue weighted by molar-refractivity contribution is -0.136. The number of ketones is 1. The van der Waals surface area contributed by atoms with Crippen LogP contribution in [0.5, 0.6) is 0 Å². The molecule has 2 rings (SSSR count). The van der Waals surface area contributed by atoms with Crippen LogP contribution in [0.4, 0.5) is 0 Å². The van der Waals surface area contributed by atoms with E-state index in [1.54, 1.807) is 0 Å². The Kier molecular flexibility index (Phi) is 3.95. The quantitative estimate of drug-likeness (QED) is 0.796. The summed E-state index contributed by atoms with van der Waals surface area (Å²) in [7, 11) is 0. The molecule has 0 radical (unpaired) electrons. The van der Waals surface area contributed by atoms with Crippen LogP contribution in [0.3, 0.4) is 0 Å². The summed E-state index contributed by atoms with van der Waals surface area (Å²) < 4.78 is 5.70. The molecule has 1 aromatic carbocycles. The molecule has 0 spiro atoms. The highest BCUT2D eigenvalue weighted by Crippen LogP contribution is 2.31. The second-order valence-corrected chi connectivity index (χ2v) is 4.62. The second kappa shape index (κ2) is 5.46. The maximum Gasteiger partial charge on any atom is 0.169 e. The predicted molar refractivity (Wildman–Crippen MR) is 67.9 cm³/mol. The molecule has 2 heteroatoms. The van der Waals surface area contributed by atoms with E-state index in [1.807, 2.05) is 18.2 Å². The molecule has 0 amide bonds. The molecule has 0 bridgehead atoms. The highest BCUT2D eigenvalue weighted by atomic mass is 16.5. The number of hydrogen-bond donors (Lipinski definition) is 0. The monoisotopic (exact) mass is 232 g/mol. The van der Waals surface area contributed by atoms with Crippen LogP contribution in [0.25, 0.3) is 0 Å². The lowest BCUT2D eigenvalue weighted by atomic mass is 9.87. The Balaban J connectivity index is 2.26. The normalized spacial score (nSPS) is 19.1. The van der Waals surface area contributed by atoms with Gasteiger partial charge in [0.2, 0.25) is 0 Å². The summed E-state index contributed by atoms with van der Waals surface area (Å²) in [4.78, 5) is 12.4. The van der Waals surface area contributed by atoms with Crippen molar-refractivity contribution in [3.8, 4) is 0 Å². The molecule has 92 valence electrons. The fourth-order valence-corrected chi connectivity index (χ4v) is 2.53. The molecule has 0 aliphatic carbocycles. The molecule has 1 unspecified atom stereocenters. The van der Waals surface area contributed by atoms with Crippen LogP contribution >= 0.6 is 0 Å². The third kappa shape index (κ3) is 2.42. The molecule has 0 N–H and O–H groups in total. The Hall–Kier alpha value is -1.15. The van der Waals surface area contributed by atoms with E-state index in [9.17, 15) is 4.79 Å². The number of hydrogen-bond acceptors (Lipinski definition) is 2. The van der Waals surface area contributed by atoms with Crippen molar-refractivity contribution in [3.63, 3.8) is 0 Å². The Morgan fingerprint density at radius 3 is 2.76 bits per heavy atom. The van der Waals surface area contributed by atoms with Gasteiger partial charge >= 0.3 is 0 Å². The summed E-state index contributed by atoms with van der Waals surface area (Å²) >= 11 is 0. The molecule has 1 aliphatic rings. The van der Waals surface area contributed by atoms with Crippen LogP contribution < -0.4 is 0 Å². The first-order valence-electron chi connectivity index (χ1n) is 6.51. The molecule has 17 heavy (non-hydrogen) atoms. The number of carbonyl (C=O) groups excluding carboxylic acids is 1. The Morgan fingerprint density at radius 2 is 2.06 bits per heavy atom. The fraction of sp³-hybridized carbons (Fsp3) is 0.533. The summed E-state index contributed by atoms with van der Waals surface area (Å²) in [6, 6.07) is 8.15. The van der Waals surface area contributed by atoms with Crippen molar-refractivity contribution >= 4 is 5.78 Å². The van der Waals surface area contributed by atoms with Crippen molar-refractivity contribution in [1.82, 2.24) is 0 Å². The molecule has 0 saturated carbocycles. The van der Waals surface area contributed by atoms with Crippen molar-refractivity contribution in [2.24, 2.45) is 5.92 Å². The third-order valence-corrected chi connectivity index (χ3v) is 3.64. The molecular formula is C15H20O2. The zero-order valence-corrected chi connectivity index (χ0v) is 10.6. The van der Waals surface area contributed by atoms with Crippen LogP contribution in [0.1, 0.15) is 43.9 Å². The minimum absolute atomic E-state index is 0.131. The molecular weight excluding hydrogens is 212 g/mol. The predicted octanol–water partition coefficient (Wildman–Crippen LogP) is 3.31. The van der Waals surface area contributed by atoms with Crippen LogP contribution in [0.2, 0.25) is 0 Å². The number of ether oxygens (including phenoxy) is 1. The fourth-order valence-electron chi connectivity index (χ4n) is 2.53. The van der Waals surface area contributed by atoms with Gasteiger partial charge in [0.15, 0.2) is 5.78 Å². The van der Waals surface area contributed by atoms with Crippen molar-refractivity contribution in [1.29, 1.82) is 0 Å². The van der Waals surface area contributed by atoms with Crippen molar-refractivity contribution in [2.75, 3.05) is 6.61 Å². The number of rotatable bonds is 4. The van der Waals surface area contributed by atoms with Crippen LogP contribution in [0, 0.1) is 5.92 Å². The van der Waals surface area contributed by atoms with Gasteiger partial charge in [0.05, 0.1) is 6.61 Å². The van der Waals surface area contributed by atoms with E-state index in [-0.39, 0.29) is 17.8 Å². The first kappa shape index (κ1) is 12.3. The van der Waals surface area contributed by atoms with E-state index in [4.69, 9.17) is 4.74 Å². The van der Waals surface area contributed by atoms with Gasteiger partial charge in [-0.05, 0) is 30.4 Å². The molecule has 1 heterocycles. The first-order valence-corrected chi connectivity index (χ1v) is 6.51. The maximum atomic E-state index is 12.4. The highest BCUT2D eigenvalue weighted by molar-refractivity contribution is 5.87. The number of fused-ring (bicyclic) bond motifs is 1. The average Bonchev–Trinajstić information content (AvgIpc) is 2.39.